The minimum atomic E-state index is 0. The van der Waals surface area contributed by atoms with Gasteiger partial charge in [-0.15, -0.1) is 23.7 Å². The summed E-state index contributed by atoms with van der Waals surface area (Å²) in [6.07, 6.45) is 3.30. The fraction of sp³-hybridized carbons (Fsp3) is 0.667. The largest absolute Gasteiger partial charge is 0.353 e. The van der Waals surface area contributed by atoms with E-state index in [1.54, 1.807) is 23.1 Å². The summed E-state index contributed by atoms with van der Waals surface area (Å²) in [5, 5.41) is 5.01. The number of carbonyl (C=O) groups excluding carboxylic acids is 1. The van der Waals surface area contributed by atoms with E-state index in [-0.39, 0.29) is 30.4 Å². The Morgan fingerprint density at radius 2 is 2.42 bits per heavy atom. The first-order valence-corrected chi connectivity index (χ1v) is 8.16. The van der Waals surface area contributed by atoms with Gasteiger partial charge in [0.25, 0.3) is 0 Å². The van der Waals surface area contributed by atoms with Crippen molar-refractivity contribution in [2.24, 2.45) is 5.73 Å². The van der Waals surface area contributed by atoms with Crippen molar-refractivity contribution in [1.29, 1.82) is 0 Å². The first-order valence-electron chi connectivity index (χ1n) is 6.29. The SMILES string of the molecule is CCSc1nc(CC(=O)N[C@@H]2CC[C@@H](N)C2)cs1.Cl. The lowest BCUT2D eigenvalue weighted by molar-refractivity contribution is -0.121. The summed E-state index contributed by atoms with van der Waals surface area (Å²) in [7, 11) is 0. The van der Waals surface area contributed by atoms with Crippen molar-refractivity contribution in [1.82, 2.24) is 10.3 Å². The number of nitrogens with zero attached hydrogens (tertiary/aromatic N) is 1. The Hall–Kier alpha value is -0.300. The maximum atomic E-state index is 11.8. The summed E-state index contributed by atoms with van der Waals surface area (Å²) in [6.45, 7) is 2.10. The van der Waals surface area contributed by atoms with E-state index in [1.807, 2.05) is 5.38 Å². The van der Waals surface area contributed by atoms with Crippen LogP contribution >= 0.6 is 35.5 Å². The lowest BCUT2D eigenvalue weighted by Crippen LogP contribution is -2.35. The summed E-state index contributed by atoms with van der Waals surface area (Å²) in [4.78, 5) is 16.3. The Kier molecular flexibility index (Phi) is 7.13. The number of thioether (sulfide) groups is 1. The van der Waals surface area contributed by atoms with Gasteiger partial charge in [0.1, 0.15) is 4.34 Å². The van der Waals surface area contributed by atoms with Gasteiger partial charge in [0.05, 0.1) is 12.1 Å². The molecule has 1 fully saturated rings. The summed E-state index contributed by atoms with van der Waals surface area (Å²) in [6, 6.07) is 0.512. The average Bonchev–Trinajstić information content (AvgIpc) is 2.89. The number of hydrogen-bond donors (Lipinski definition) is 2. The first-order chi connectivity index (χ1) is 8.67. The van der Waals surface area contributed by atoms with Gasteiger partial charge in [0.15, 0.2) is 0 Å². The number of halogens is 1. The highest BCUT2D eigenvalue weighted by Crippen LogP contribution is 2.22. The molecule has 0 bridgehead atoms. The molecular formula is C12H20ClN3OS2. The van der Waals surface area contributed by atoms with Crippen LogP contribution in [0.25, 0.3) is 0 Å². The number of hydrogen-bond acceptors (Lipinski definition) is 5. The number of carbonyl (C=O) groups is 1. The van der Waals surface area contributed by atoms with Gasteiger partial charge in [-0.3, -0.25) is 4.79 Å². The molecule has 1 aromatic rings. The van der Waals surface area contributed by atoms with E-state index < -0.39 is 0 Å². The first kappa shape index (κ1) is 16.8. The van der Waals surface area contributed by atoms with E-state index in [1.165, 1.54) is 0 Å². The van der Waals surface area contributed by atoms with Crippen LogP contribution in [0.3, 0.4) is 0 Å². The molecule has 1 amide bonds. The van der Waals surface area contributed by atoms with Crippen LogP contribution in [0.4, 0.5) is 0 Å². The molecule has 19 heavy (non-hydrogen) atoms. The molecule has 2 atom stereocenters. The van der Waals surface area contributed by atoms with E-state index in [0.29, 0.717) is 6.42 Å². The molecule has 0 radical (unpaired) electrons. The zero-order valence-corrected chi connectivity index (χ0v) is 13.4. The Morgan fingerprint density at radius 3 is 3.05 bits per heavy atom. The third-order valence-electron chi connectivity index (χ3n) is 2.98. The predicted octanol–water partition coefficient (Wildman–Crippen LogP) is 2.22. The molecule has 1 aliphatic carbocycles. The van der Waals surface area contributed by atoms with E-state index in [0.717, 1.165) is 35.0 Å². The summed E-state index contributed by atoms with van der Waals surface area (Å²) in [5.74, 6) is 1.08. The molecular weight excluding hydrogens is 302 g/mol. The van der Waals surface area contributed by atoms with Crippen molar-refractivity contribution in [3.63, 3.8) is 0 Å². The van der Waals surface area contributed by atoms with Gasteiger partial charge in [-0.05, 0) is 25.0 Å². The smallest absolute Gasteiger partial charge is 0.226 e. The normalized spacial score (nSPS) is 22.0. The van der Waals surface area contributed by atoms with Crippen LogP contribution in [0.1, 0.15) is 31.9 Å². The van der Waals surface area contributed by atoms with E-state index in [4.69, 9.17) is 5.73 Å². The highest BCUT2D eigenvalue weighted by molar-refractivity contribution is 8.00. The monoisotopic (exact) mass is 321 g/mol. The van der Waals surface area contributed by atoms with E-state index in [9.17, 15) is 4.79 Å². The van der Waals surface area contributed by atoms with Crippen molar-refractivity contribution in [2.45, 2.75) is 49.0 Å². The predicted molar refractivity (Wildman–Crippen MR) is 83.2 cm³/mol. The average molecular weight is 322 g/mol. The molecule has 1 aliphatic rings. The molecule has 1 heterocycles. The third-order valence-corrected chi connectivity index (χ3v) is 4.93. The molecule has 2 rings (SSSR count). The lowest BCUT2D eigenvalue weighted by atomic mass is 10.2. The molecule has 0 spiro atoms. The van der Waals surface area contributed by atoms with Crippen LogP contribution in [0.5, 0.6) is 0 Å². The molecule has 3 N–H and O–H groups in total. The Labute approximate surface area is 128 Å². The molecule has 1 saturated carbocycles. The van der Waals surface area contributed by atoms with E-state index in [2.05, 4.69) is 17.2 Å². The molecule has 0 aromatic carbocycles. The fourth-order valence-corrected chi connectivity index (χ4v) is 3.89. The van der Waals surface area contributed by atoms with Gasteiger partial charge in [-0.2, -0.15) is 0 Å². The maximum Gasteiger partial charge on any atom is 0.226 e. The van der Waals surface area contributed by atoms with Gasteiger partial charge < -0.3 is 11.1 Å². The number of amides is 1. The van der Waals surface area contributed by atoms with Crippen LogP contribution < -0.4 is 11.1 Å². The van der Waals surface area contributed by atoms with Crippen molar-refractivity contribution in [3.05, 3.63) is 11.1 Å². The van der Waals surface area contributed by atoms with Crippen LogP contribution in [0.2, 0.25) is 0 Å². The zero-order valence-electron chi connectivity index (χ0n) is 10.9. The van der Waals surface area contributed by atoms with Crippen LogP contribution in [-0.2, 0) is 11.2 Å². The fourth-order valence-electron chi connectivity index (χ4n) is 2.15. The minimum Gasteiger partial charge on any atom is -0.353 e. The highest BCUT2D eigenvalue weighted by atomic mass is 35.5. The molecule has 7 heteroatoms. The summed E-state index contributed by atoms with van der Waals surface area (Å²) < 4.78 is 1.04. The molecule has 0 aliphatic heterocycles. The van der Waals surface area contributed by atoms with Gasteiger partial charge in [0.2, 0.25) is 5.91 Å². The van der Waals surface area contributed by atoms with Gasteiger partial charge >= 0.3 is 0 Å². The molecule has 108 valence electrons. The second-order valence-electron chi connectivity index (χ2n) is 4.55. The topological polar surface area (TPSA) is 68.0 Å². The van der Waals surface area contributed by atoms with Crippen LogP contribution in [0, 0.1) is 0 Å². The summed E-state index contributed by atoms with van der Waals surface area (Å²) >= 11 is 3.33. The second kappa shape index (κ2) is 8.09. The van der Waals surface area contributed by atoms with Gasteiger partial charge in [-0.25, -0.2) is 4.98 Å². The molecule has 4 nitrogen and oxygen atoms in total. The molecule has 0 saturated heterocycles. The number of nitrogens with one attached hydrogen (secondary N) is 1. The Morgan fingerprint density at radius 1 is 1.63 bits per heavy atom. The minimum absolute atomic E-state index is 0. The van der Waals surface area contributed by atoms with Crippen LogP contribution in [0.15, 0.2) is 9.72 Å². The molecule has 0 unspecified atom stereocenters. The van der Waals surface area contributed by atoms with Crippen LogP contribution in [-0.4, -0.2) is 28.7 Å². The summed E-state index contributed by atoms with van der Waals surface area (Å²) in [5.41, 5.74) is 6.70. The van der Waals surface area contributed by atoms with Crippen molar-refractivity contribution in [3.8, 4) is 0 Å². The quantitative estimate of drug-likeness (QED) is 0.816. The van der Waals surface area contributed by atoms with Crippen molar-refractivity contribution in [2.75, 3.05) is 5.75 Å². The molecule has 1 aromatic heterocycles. The number of thiazole rings is 1. The second-order valence-corrected chi connectivity index (χ2v) is 6.92. The lowest BCUT2D eigenvalue weighted by Gasteiger charge is -2.11. The standard InChI is InChI=1S/C12H19N3OS2.ClH/c1-2-17-12-15-10(7-18-12)6-11(16)14-9-4-3-8(13)5-9;/h7-9H,2-6,13H2,1H3,(H,14,16);1H/t8-,9-;/m1./s1. The Balaban J connectivity index is 0.00000180. The Bertz CT molecular complexity index is 413. The zero-order chi connectivity index (χ0) is 13.0. The van der Waals surface area contributed by atoms with Crippen molar-refractivity contribution < 1.29 is 4.79 Å². The van der Waals surface area contributed by atoms with E-state index >= 15 is 0 Å². The van der Waals surface area contributed by atoms with Gasteiger partial charge in [-0.1, -0.05) is 18.7 Å². The number of aromatic nitrogens is 1. The number of rotatable bonds is 5. The number of nitrogens with two attached hydrogens (primary N) is 1. The highest BCUT2D eigenvalue weighted by Gasteiger charge is 2.23. The van der Waals surface area contributed by atoms with Crippen molar-refractivity contribution >= 4 is 41.4 Å². The third kappa shape index (κ3) is 5.30. The van der Waals surface area contributed by atoms with Gasteiger partial charge in [0, 0.05) is 17.5 Å². The maximum absolute atomic E-state index is 11.8.